The molecule has 110 valence electrons. The Hall–Kier alpha value is -2.01. The molecule has 0 radical (unpaired) electrons. The number of nitrogens with one attached hydrogen (secondary N) is 1. The van der Waals surface area contributed by atoms with Crippen LogP contribution in [-0.4, -0.2) is 19.6 Å². The molecule has 2 aromatic carbocycles. The van der Waals surface area contributed by atoms with Crippen LogP contribution in [0.5, 0.6) is 5.75 Å². The summed E-state index contributed by atoms with van der Waals surface area (Å²) in [5, 5.41) is 2.87. The molecule has 21 heavy (non-hydrogen) atoms. The molecule has 0 aliphatic carbocycles. The molecule has 0 unspecified atom stereocenters. The van der Waals surface area contributed by atoms with Crippen LogP contribution in [0, 0.1) is 0 Å². The van der Waals surface area contributed by atoms with Crippen molar-refractivity contribution in [3.05, 3.63) is 58.1 Å². The monoisotopic (exact) mass is 348 g/mol. The number of methoxy groups -OCH3 is 1. The Labute approximate surface area is 132 Å². The second-order valence-corrected chi connectivity index (χ2v) is 5.50. The van der Waals surface area contributed by atoms with Gasteiger partial charge in [-0.2, -0.15) is 0 Å². The highest BCUT2D eigenvalue weighted by molar-refractivity contribution is 9.10. The van der Waals surface area contributed by atoms with E-state index in [9.17, 15) is 4.79 Å². The Morgan fingerprint density at radius 2 is 2.10 bits per heavy atom. The van der Waals surface area contributed by atoms with Crippen molar-refractivity contribution >= 4 is 27.5 Å². The Morgan fingerprint density at radius 3 is 2.81 bits per heavy atom. The fourth-order valence-corrected chi connectivity index (χ4v) is 2.36. The maximum absolute atomic E-state index is 12.1. The Kier molecular flexibility index (Phi) is 5.22. The number of ether oxygens (including phenoxy) is 1. The second kappa shape index (κ2) is 7.13. The van der Waals surface area contributed by atoms with E-state index in [1.165, 1.54) is 0 Å². The normalized spacial score (nSPS) is 10.2. The maximum Gasteiger partial charge on any atom is 0.253 e. The van der Waals surface area contributed by atoms with E-state index in [-0.39, 0.29) is 5.91 Å². The molecule has 0 atom stereocenters. The first kappa shape index (κ1) is 15.4. The molecule has 3 N–H and O–H groups in total. The summed E-state index contributed by atoms with van der Waals surface area (Å²) in [6.45, 7) is 0.543. The van der Waals surface area contributed by atoms with Gasteiger partial charge in [-0.25, -0.2) is 0 Å². The predicted octanol–water partition coefficient (Wildman–Crippen LogP) is 3.01. The van der Waals surface area contributed by atoms with E-state index >= 15 is 0 Å². The van der Waals surface area contributed by atoms with E-state index in [4.69, 9.17) is 10.5 Å². The van der Waals surface area contributed by atoms with Crippen LogP contribution in [0.2, 0.25) is 0 Å². The van der Waals surface area contributed by atoms with Gasteiger partial charge in [0.1, 0.15) is 5.75 Å². The molecule has 5 heteroatoms. The lowest BCUT2D eigenvalue weighted by Crippen LogP contribution is -2.26. The molecular weight excluding hydrogens is 332 g/mol. The van der Waals surface area contributed by atoms with E-state index in [0.717, 1.165) is 22.2 Å². The molecule has 0 aromatic heterocycles. The van der Waals surface area contributed by atoms with Crippen molar-refractivity contribution in [2.75, 3.05) is 19.4 Å². The minimum absolute atomic E-state index is 0.164. The zero-order chi connectivity index (χ0) is 15.2. The molecule has 2 rings (SSSR count). The van der Waals surface area contributed by atoms with Crippen LogP contribution < -0.4 is 15.8 Å². The van der Waals surface area contributed by atoms with Gasteiger partial charge in [-0.15, -0.1) is 0 Å². The third kappa shape index (κ3) is 4.23. The Balaban J connectivity index is 1.92. The van der Waals surface area contributed by atoms with Crippen molar-refractivity contribution in [3.63, 3.8) is 0 Å². The van der Waals surface area contributed by atoms with Gasteiger partial charge in [0.25, 0.3) is 5.91 Å². The summed E-state index contributed by atoms with van der Waals surface area (Å²) in [5.74, 6) is 0.652. The van der Waals surface area contributed by atoms with Gasteiger partial charge in [-0.05, 0) is 42.3 Å². The lowest BCUT2D eigenvalue weighted by Gasteiger charge is -2.08. The SMILES string of the molecule is COc1cccc(CCNC(=O)c2ccc(Br)cc2N)c1. The number of carbonyl (C=O) groups excluding carboxylic acids is 1. The van der Waals surface area contributed by atoms with E-state index in [0.29, 0.717) is 17.8 Å². The lowest BCUT2D eigenvalue weighted by atomic mass is 10.1. The summed E-state index contributed by atoms with van der Waals surface area (Å²) < 4.78 is 6.02. The molecule has 0 aliphatic heterocycles. The molecule has 0 bridgehead atoms. The van der Waals surface area contributed by atoms with E-state index in [1.54, 1.807) is 25.3 Å². The summed E-state index contributed by atoms with van der Waals surface area (Å²) in [6, 6.07) is 13.0. The van der Waals surface area contributed by atoms with Crippen molar-refractivity contribution < 1.29 is 9.53 Å². The highest BCUT2D eigenvalue weighted by Crippen LogP contribution is 2.18. The summed E-state index contributed by atoms with van der Waals surface area (Å²) in [5.41, 5.74) is 7.90. The Bertz CT molecular complexity index is 644. The number of benzene rings is 2. The molecule has 2 aromatic rings. The van der Waals surface area contributed by atoms with Gasteiger partial charge in [0.05, 0.1) is 12.7 Å². The third-order valence-electron chi connectivity index (χ3n) is 3.09. The number of halogens is 1. The minimum Gasteiger partial charge on any atom is -0.497 e. The standard InChI is InChI=1S/C16H17BrN2O2/c1-21-13-4-2-3-11(9-13)7-8-19-16(20)14-6-5-12(17)10-15(14)18/h2-6,9-10H,7-8,18H2,1H3,(H,19,20). The van der Waals surface area contributed by atoms with E-state index in [1.807, 2.05) is 24.3 Å². The van der Waals surface area contributed by atoms with Gasteiger partial charge in [0.15, 0.2) is 0 Å². The van der Waals surface area contributed by atoms with Crippen LogP contribution >= 0.6 is 15.9 Å². The van der Waals surface area contributed by atoms with Crippen molar-refractivity contribution in [3.8, 4) is 5.75 Å². The fourth-order valence-electron chi connectivity index (χ4n) is 1.98. The zero-order valence-electron chi connectivity index (χ0n) is 11.7. The summed E-state index contributed by atoms with van der Waals surface area (Å²) in [7, 11) is 1.64. The molecule has 0 saturated carbocycles. The van der Waals surface area contributed by atoms with Gasteiger partial charge in [-0.1, -0.05) is 28.1 Å². The summed E-state index contributed by atoms with van der Waals surface area (Å²) in [4.78, 5) is 12.1. The topological polar surface area (TPSA) is 64.3 Å². The number of nitrogens with two attached hydrogens (primary N) is 1. The van der Waals surface area contributed by atoms with E-state index in [2.05, 4.69) is 21.2 Å². The van der Waals surface area contributed by atoms with Crippen LogP contribution in [0.1, 0.15) is 15.9 Å². The number of hydrogen-bond acceptors (Lipinski definition) is 3. The van der Waals surface area contributed by atoms with E-state index < -0.39 is 0 Å². The molecular formula is C16H17BrN2O2. The first-order valence-corrected chi connectivity index (χ1v) is 7.35. The summed E-state index contributed by atoms with van der Waals surface area (Å²) in [6.07, 6.45) is 0.735. The number of nitrogen functional groups attached to an aromatic ring is 1. The average Bonchev–Trinajstić information content (AvgIpc) is 2.47. The second-order valence-electron chi connectivity index (χ2n) is 4.59. The van der Waals surface area contributed by atoms with Gasteiger partial charge >= 0.3 is 0 Å². The number of amides is 1. The number of anilines is 1. The molecule has 0 fully saturated rings. The first-order chi connectivity index (χ1) is 10.1. The van der Waals surface area contributed by atoms with Gasteiger partial charge in [-0.3, -0.25) is 4.79 Å². The van der Waals surface area contributed by atoms with Crippen molar-refractivity contribution in [1.29, 1.82) is 0 Å². The van der Waals surface area contributed by atoms with Crippen molar-refractivity contribution in [2.45, 2.75) is 6.42 Å². The number of hydrogen-bond donors (Lipinski definition) is 2. The quantitative estimate of drug-likeness (QED) is 0.816. The lowest BCUT2D eigenvalue weighted by molar-refractivity contribution is 0.0955. The average molecular weight is 349 g/mol. The molecule has 0 spiro atoms. The summed E-state index contributed by atoms with van der Waals surface area (Å²) >= 11 is 3.32. The molecule has 0 heterocycles. The van der Waals surface area contributed by atoms with Crippen LogP contribution in [-0.2, 0) is 6.42 Å². The van der Waals surface area contributed by atoms with Crippen LogP contribution in [0.3, 0.4) is 0 Å². The smallest absolute Gasteiger partial charge is 0.253 e. The molecule has 0 saturated heterocycles. The largest absolute Gasteiger partial charge is 0.497 e. The number of rotatable bonds is 5. The maximum atomic E-state index is 12.1. The van der Waals surface area contributed by atoms with Gasteiger partial charge in [0, 0.05) is 16.7 Å². The third-order valence-corrected chi connectivity index (χ3v) is 3.58. The molecule has 4 nitrogen and oxygen atoms in total. The van der Waals surface area contributed by atoms with Crippen LogP contribution in [0.4, 0.5) is 5.69 Å². The van der Waals surface area contributed by atoms with Crippen LogP contribution in [0.15, 0.2) is 46.9 Å². The van der Waals surface area contributed by atoms with Crippen molar-refractivity contribution in [2.24, 2.45) is 0 Å². The fraction of sp³-hybridized carbons (Fsp3) is 0.188. The van der Waals surface area contributed by atoms with Crippen molar-refractivity contribution in [1.82, 2.24) is 5.32 Å². The predicted molar refractivity (Wildman–Crippen MR) is 87.6 cm³/mol. The molecule has 0 aliphatic rings. The minimum atomic E-state index is -0.164. The van der Waals surface area contributed by atoms with Crippen LogP contribution in [0.25, 0.3) is 0 Å². The zero-order valence-corrected chi connectivity index (χ0v) is 13.3. The Morgan fingerprint density at radius 1 is 1.29 bits per heavy atom. The van der Waals surface area contributed by atoms with Gasteiger partial charge < -0.3 is 15.8 Å². The highest BCUT2D eigenvalue weighted by atomic mass is 79.9. The number of carbonyl (C=O) groups is 1. The van der Waals surface area contributed by atoms with Gasteiger partial charge in [0.2, 0.25) is 0 Å². The molecule has 1 amide bonds. The first-order valence-electron chi connectivity index (χ1n) is 6.56. The highest BCUT2D eigenvalue weighted by Gasteiger charge is 2.09.